The first kappa shape index (κ1) is 14.3. The summed E-state index contributed by atoms with van der Waals surface area (Å²) in [7, 11) is 0. The van der Waals surface area contributed by atoms with Gasteiger partial charge in [-0.2, -0.15) is 0 Å². The minimum absolute atomic E-state index is 0.603. The van der Waals surface area contributed by atoms with Crippen LogP contribution in [0.4, 0.5) is 0 Å². The molecule has 0 saturated carbocycles. The first-order valence-electron chi connectivity index (χ1n) is 5.97. The van der Waals surface area contributed by atoms with E-state index >= 15 is 0 Å². The molecule has 0 unspecified atom stereocenters. The maximum absolute atomic E-state index is 5.85. The highest BCUT2D eigenvalue weighted by Crippen LogP contribution is 2.26. The molecule has 0 bridgehead atoms. The summed E-state index contributed by atoms with van der Waals surface area (Å²) in [5.74, 6) is 1.32. The van der Waals surface area contributed by atoms with Crippen LogP contribution < -0.4 is 10.1 Å². The van der Waals surface area contributed by atoms with Gasteiger partial charge in [0.2, 0.25) is 5.88 Å². The number of ether oxygens (including phenoxy) is 1. The maximum atomic E-state index is 5.85. The highest BCUT2D eigenvalue weighted by Gasteiger charge is 2.07. The van der Waals surface area contributed by atoms with Gasteiger partial charge in [0.1, 0.15) is 5.75 Å². The predicted octanol–water partition coefficient (Wildman–Crippen LogP) is 4.40. The first-order chi connectivity index (χ1) is 9.19. The standard InChI is InChI=1S/C14H14BrClN2O/c1-2-17-8-10-7-11(15)9-18-14(10)19-13-5-3-12(16)4-6-13/h3-7,9,17H,2,8H2,1H3. The fraction of sp³-hybridized carbons (Fsp3) is 0.214. The van der Waals surface area contributed by atoms with Crippen molar-refractivity contribution in [3.63, 3.8) is 0 Å². The normalized spacial score (nSPS) is 10.5. The second-order valence-corrected chi connectivity index (χ2v) is 5.31. The highest BCUT2D eigenvalue weighted by atomic mass is 79.9. The zero-order valence-electron chi connectivity index (χ0n) is 10.5. The van der Waals surface area contributed by atoms with E-state index in [-0.39, 0.29) is 0 Å². The Hall–Kier alpha value is -1.10. The quantitative estimate of drug-likeness (QED) is 0.875. The fourth-order valence-corrected chi connectivity index (χ4v) is 2.07. The van der Waals surface area contributed by atoms with Gasteiger partial charge in [0.05, 0.1) is 0 Å². The number of hydrogen-bond donors (Lipinski definition) is 1. The Bertz CT molecular complexity index is 546. The van der Waals surface area contributed by atoms with Crippen molar-refractivity contribution in [1.82, 2.24) is 10.3 Å². The molecular formula is C14H14BrClN2O. The Morgan fingerprint density at radius 3 is 2.74 bits per heavy atom. The lowest BCUT2D eigenvalue weighted by atomic mass is 10.2. The van der Waals surface area contributed by atoms with E-state index in [0.717, 1.165) is 22.3 Å². The van der Waals surface area contributed by atoms with Crippen molar-refractivity contribution in [2.45, 2.75) is 13.5 Å². The molecule has 0 aliphatic carbocycles. The number of nitrogens with zero attached hydrogens (tertiary/aromatic N) is 1. The zero-order valence-corrected chi connectivity index (χ0v) is 12.8. The number of rotatable bonds is 5. The molecular weight excluding hydrogens is 328 g/mol. The molecule has 1 heterocycles. The van der Waals surface area contributed by atoms with E-state index in [1.165, 1.54) is 0 Å². The average Bonchev–Trinajstić information content (AvgIpc) is 2.41. The molecule has 2 aromatic rings. The molecule has 0 atom stereocenters. The third-order valence-corrected chi connectivity index (χ3v) is 3.17. The molecule has 0 saturated heterocycles. The van der Waals surface area contributed by atoms with E-state index in [0.29, 0.717) is 17.4 Å². The summed E-state index contributed by atoms with van der Waals surface area (Å²) in [6.45, 7) is 3.67. The van der Waals surface area contributed by atoms with Crippen molar-refractivity contribution >= 4 is 27.5 Å². The van der Waals surface area contributed by atoms with Gasteiger partial charge in [-0.05, 0) is 52.8 Å². The number of aromatic nitrogens is 1. The SMILES string of the molecule is CCNCc1cc(Br)cnc1Oc1ccc(Cl)cc1. The van der Waals surface area contributed by atoms with Gasteiger partial charge >= 0.3 is 0 Å². The molecule has 1 N–H and O–H groups in total. The van der Waals surface area contributed by atoms with Gasteiger partial charge in [0, 0.05) is 27.8 Å². The Morgan fingerprint density at radius 2 is 2.05 bits per heavy atom. The summed E-state index contributed by atoms with van der Waals surface area (Å²) in [5.41, 5.74) is 1.01. The zero-order chi connectivity index (χ0) is 13.7. The van der Waals surface area contributed by atoms with Gasteiger partial charge < -0.3 is 10.1 Å². The molecule has 5 heteroatoms. The van der Waals surface area contributed by atoms with Crippen LogP contribution in [0.15, 0.2) is 41.0 Å². The van der Waals surface area contributed by atoms with Crippen molar-refractivity contribution in [1.29, 1.82) is 0 Å². The van der Waals surface area contributed by atoms with E-state index in [1.807, 2.05) is 18.2 Å². The lowest BCUT2D eigenvalue weighted by Crippen LogP contribution is -2.12. The van der Waals surface area contributed by atoms with Crippen molar-refractivity contribution in [3.8, 4) is 11.6 Å². The average molecular weight is 342 g/mol. The summed E-state index contributed by atoms with van der Waals surface area (Å²) < 4.78 is 6.72. The molecule has 0 fully saturated rings. The topological polar surface area (TPSA) is 34.2 Å². The summed E-state index contributed by atoms with van der Waals surface area (Å²) in [4.78, 5) is 4.31. The van der Waals surface area contributed by atoms with Crippen LogP contribution in [0.1, 0.15) is 12.5 Å². The molecule has 100 valence electrons. The summed E-state index contributed by atoms with van der Waals surface area (Å²) >= 11 is 9.27. The van der Waals surface area contributed by atoms with Crippen LogP contribution in [0.5, 0.6) is 11.6 Å². The number of hydrogen-bond acceptors (Lipinski definition) is 3. The minimum Gasteiger partial charge on any atom is -0.439 e. The van der Waals surface area contributed by atoms with Crippen molar-refractivity contribution < 1.29 is 4.74 Å². The number of benzene rings is 1. The Labute approximate surface area is 126 Å². The van der Waals surface area contributed by atoms with E-state index in [4.69, 9.17) is 16.3 Å². The monoisotopic (exact) mass is 340 g/mol. The lowest BCUT2D eigenvalue weighted by molar-refractivity contribution is 0.453. The van der Waals surface area contributed by atoms with Crippen molar-refractivity contribution in [2.24, 2.45) is 0 Å². The predicted molar refractivity (Wildman–Crippen MR) is 80.8 cm³/mol. The molecule has 3 nitrogen and oxygen atoms in total. The van der Waals surface area contributed by atoms with E-state index in [9.17, 15) is 0 Å². The molecule has 0 aliphatic heterocycles. The maximum Gasteiger partial charge on any atom is 0.223 e. The second kappa shape index (κ2) is 6.89. The van der Waals surface area contributed by atoms with Gasteiger partial charge in [0.15, 0.2) is 0 Å². The largest absolute Gasteiger partial charge is 0.439 e. The molecule has 1 aromatic heterocycles. The van der Waals surface area contributed by atoms with Gasteiger partial charge in [-0.15, -0.1) is 0 Å². The van der Waals surface area contributed by atoms with Crippen LogP contribution in [0, 0.1) is 0 Å². The molecule has 0 aliphatic rings. The lowest BCUT2D eigenvalue weighted by Gasteiger charge is -2.10. The first-order valence-corrected chi connectivity index (χ1v) is 7.14. The van der Waals surface area contributed by atoms with Crippen molar-refractivity contribution in [2.75, 3.05) is 6.54 Å². The molecule has 0 spiro atoms. The number of halogens is 2. The second-order valence-electron chi connectivity index (χ2n) is 3.95. The molecule has 19 heavy (non-hydrogen) atoms. The summed E-state index contributed by atoms with van der Waals surface area (Å²) in [6.07, 6.45) is 1.72. The number of nitrogens with one attached hydrogen (secondary N) is 1. The summed E-state index contributed by atoms with van der Waals surface area (Å²) in [6, 6.07) is 9.23. The smallest absolute Gasteiger partial charge is 0.223 e. The van der Waals surface area contributed by atoms with Crippen LogP contribution in [0.25, 0.3) is 0 Å². The van der Waals surface area contributed by atoms with E-state index < -0.39 is 0 Å². The minimum atomic E-state index is 0.603. The highest BCUT2D eigenvalue weighted by molar-refractivity contribution is 9.10. The van der Waals surface area contributed by atoms with Gasteiger partial charge in [-0.1, -0.05) is 18.5 Å². The van der Waals surface area contributed by atoms with Crippen LogP contribution in [-0.4, -0.2) is 11.5 Å². The van der Waals surface area contributed by atoms with Gasteiger partial charge in [-0.25, -0.2) is 4.98 Å². The van der Waals surface area contributed by atoms with Gasteiger partial charge in [-0.3, -0.25) is 0 Å². The Morgan fingerprint density at radius 1 is 1.32 bits per heavy atom. The molecule has 0 amide bonds. The van der Waals surface area contributed by atoms with Crippen LogP contribution in [0.3, 0.4) is 0 Å². The van der Waals surface area contributed by atoms with E-state index in [2.05, 4.69) is 33.2 Å². The Balaban J connectivity index is 2.20. The van der Waals surface area contributed by atoms with E-state index in [1.54, 1.807) is 18.3 Å². The van der Waals surface area contributed by atoms with Gasteiger partial charge in [0.25, 0.3) is 0 Å². The molecule has 1 aromatic carbocycles. The third kappa shape index (κ3) is 4.20. The van der Waals surface area contributed by atoms with Crippen LogP contribution in [0.2, 0.25) is 5.02 Å². The van der Waals surface area contributed by atoms with Crippen molar-refractivity contribution in [3.05, 3.63) is 51.6 Å². The summed E-state index contributed by atoms with van der Waals surface area (Å²) in [5, 5.41) is 3.95. The van der Waals surface area contributed by atoms with Crippen LogP contribution >= 0.6 is 27.5 Å². The Kier molecular flexibility index (Phi) is 5.19. The molecule has 0 radical (unpaired) electrons. The fourth-order valence-electron chi connectivity index (χ4n) is 1.56. The number of pyridine rings is 1. The third-order valence-electron chi connectivity index (χ3n) is 2.49. The molecule has 2 rings (SSSR count). The van der Waals surface area contributed by atoms with Crippen LogP contribution in [-0.2, 0) is 6.54 Å².